The fourth-order valence-electron chi connectivity index (χ4n) is 1.66. The molecule has 1 rings (SSSR count). The van der Waals surface area contributed by atoms with Gasteiger partial charge in [-0.25, -0.2) is 8.78 Å². The van der Waals surface area contributed by atoms with E-state index in [0.29, 0.717) is 12.8 Å². The van der Waals surface area contributed by atoms with E-state index in [4.69, 9.17) is 5.73 Å². The van der Waals surface area contributed by atoms with E-state index in [0.717, 1.165) is 12.1 Å². The minimum atomic E-state index is -0.799. The molecule has 0 aliphatic rings. The molecule has 0 fully saturated rings. The van der Waals surface area contributed by atoms with Crippen molar-refractivity contribution in [1.82, 2.24) is 0 Å². The lowest BCUT2D eigenvalue weighted by atomic mass is 9.93. The molecule has 0 heterocycles. The molecule has 17 heavy (non-hydrogen) atoms. The second-order valence-electron chi connectivity index (χ2n) is 4.12. The topological polar surface area (TPSA) is 58.3 Å². The van der Waals surface area contributed by atoms with E-state index in [1.807, 2.05) is 13.8 Å². The summed E-state index contributed by atoms with van der Waals surface area (Å²) in [5.74, 6) is -1.50. The van der Waals surface area contributed by atoms with Crippen molar-refractivity contribution in [2.45, 2.75) is 32.2 Å². The van der Waals surface area contributed by atoms with Crippen molar-refractivity contribution in [3.05, 3.63) is 23.8 Å². The first kappa shape index (κ1) is 13.7. The van der Waals surface area contributed by atoms with Crippen molar-refractivity contribution in [3.63, 3.8) is 0 Å². The molecule has 0 radical (unpaired) electrons. The van der Waals surface area contributed by atoms with Crippen LogP contribution in [0.3, 0.4) is 0 Å². The first-order valence-corrected chi connectivity index (χ1v) is 5.61. The van der Waals surface area contributed by atoms with Gasteiger partial charge in [-0.3, -0.25) is 0 Å². The molecule has 0 saturated heterocycles. The Balaban J connectivity index is 3.09. The number of hydrogen-bond donors (Lipinski definition) is 3. The largest absolute Gasteiger partial charge is 0.395 e. The van der Waals surface area contributed by atoms with Crippen LogP contribution < -0.4 is 11.1 Å². The second kappa shape index (κ2) is 5.31. The number of halogens is 2. The maximum absolute atomic E-state index is 13.3. The van der Waals surface area contributed by atoms with Crippen LogP contribution in [0.5, 0.6) is 0 Å². The smallest absolute Gasteiger partial charge is 0.151 e. The first-order chi connectivity index (χ1) is 7.98. The third-order valence-electron chi connectivity index (χ3n) is 3.15. The molecule has 0 atom stereocenters. The molecule has 0 spiro atoms. The van der Waals surface area contributed by atoms with Crippen LogP contribution >= 0.6 is 0 Å². The Bertz CT molecular complexity index is 384. The highest BCUT2D eigenvalue weighted by molar-refractivity contribution is 5.67. The lowest BCUT2D eigenvalue weighted by Crippen LogP contribution is -2.41. The quantitative estimate of drug-likeness (QED) is 0.697. The van der Waals surface area contributed by atoms with Crippen molar-refractivity contribution >= 4 is 11.4 Å². The van der Waals surface area contributed by atoms with E-state index in [2.05, 4.69) is 5.32 Å². The maximum Gasteiger partial charge on any atom is 0.151 e. The molecule has 1 aromatic carbocycles. The lowest BCUT2D eigenvalue weighted by molar-refractivity contribution is 0.202. The Morgan fingerprint density at radius 1 is 1.29 bits per heavy atom. The Morgan fingerprint density at radius 2 is 1.88 bits per heavy atom. The standard InChI is InChI=1S/C12H18F2N2O/c1-3-12(4-2,7-17)16-10-6-8(13)5-9(14)11(10)15/h5-6,16-17H,3-4,7,15H2,1-2H3. The van der Waals surface area contributed by atoms with Crippen LogP contribution in [0.1, 0.15) is 26.7 Å². The van der Waals surface area contributed by atoms with Crippen LogP contribution in [0.15, 0.2) is 12.1 Å². The van der Waals surface area contributed by atoms with Gasteiger partial charge in [-0.2, -0.15) is 0 Å². The third kappa shape index (κ3) is 2.85. The van der Waals surface area contributed by atoms with Gasteiger partial charge in [0.2, 0.25) is 0 Å². The van der Waals surface area contributed by atoms with Gasteiger partial charge < -0.3 is 16.2 Å². The number of benzene rings is 1. The summed E-state index contributed by atoms with van der Waals surface area (Å²) in [5.41, 5.74) is 4.98. The summed E-state index contributed by atoms with van der Waals surface area (Å²) in [6.45, 7) is 3.65. The lowest BCUT2D eigenvalue weighted by Gasteiger charge is -2.32. The molecule has 5 heteroatoms. The van der Waals surface area contributed by atoms with Crippen LogP contribution in [-0.2, 0) is 0 Å². The molecule has 0 amide bonds. The van der Waals surface area contributed by atoms with Gasteiger partial charge in [0.15, 0.2) is 5.82 Å². The van der Waals surface area contributed by atoms with E-state index >= 15 is 0 Å². The fraction of sp³-hybridized carbons (Fsp3) is 0.500. The number of anilines is 2. The van der Waals surface area contributed by atoms with E-state index in [-0.39, 0.29) is 18.0 Å². The Labute approximate surface area is 99.6 Å². The fourth-order valence-corrected chi connectivity index (χ4v) is 1.66. The van der Waals surface area contributed by atoms with Crippen molar-refractivity contribution in [3.8, 4) is 0 Å². The zero-order valence-electron chi connectivity index (χ0n) is 10.1. The number of nitrogens with two attached hydrogens (primary N) is 1. The van der Waals surface area contributed by atoms with Gasteiger partial charge in [0.05, 0.1) is 23.5 Å². The van der Waals surface area contributed by atoms with Crippen molar-refractivity contribution in [1.29, 1.82) is 0 Å². The van der Waals surface area contributed by atoms with E-state index < -0.39 is 17.2 Å². The Morgan fingerprint density at radius 3 is 2.35 bits per heavy atom. The van der Waals surface area contributed by atoms with Gasteiger partial charge in [-0.05, 0) is 18.9 Å². The number of hydrogen-bond acceptors (Lipinski definition) is 3. The zero-order valence-corrected chi connectivity index (χ0v) is 10.1. The first-order valence-electron chi connectivity index (χ1n) is 5.61. The molecule has 0 saturated carbocycles. The molecule has 3 nitrogen and oxygen atoms in total. The normalized spacial score (nSPS) is 11.6. The van der Waals surface area contributed by atoms with Crippen LogP contribution in [0.4, 0.5) is 20.2 Å². The van der Waals surface area contributed by atoms with Gasteiger partial charge in [0.1, 0.15) is 5.82 Å². The molecular formula is C12H18F2N2O. The molecular weight excluding hydrogens is 226 g/mol. The summed E-state index contributed by atoms with van der Waals surface area (Å²) in [6, 6.07) is 1.87. The van der Waals surface area contributed by atoms with Gasteiger partial charge in [0, 0.05) is 6.07 Å². The number of aliphatic hydroxyl groups excluding tert-OH is 1. The van der Waals surface area contributed by atoms with Crippen LogP contribution in [0, 0.1) is 11.6 Å². The minimum Gasteiger partial charge on any atom is -0.395 e. The number of aliphatic hydroxyl groups is 1. The summed E-state index contributed by atoms with van der Waals surface area (Å²) in [4.78, 5) is 0. The zero-order chi connectivity index (χ0) is 13.1. The molecule has 0 aromatic heterocycles. The van der Waals surface area contributed by atoms with Crippen LogP contribution in [0.25, 0.3) is 0 Å². The highest BCUT2D eigenvalue weighted by Crippen LogP contribution is 2.29. The van der Waals surface area contributed by atoms with E-state index in [9.17, 15) is 13.9 Å². The molecule has 96 valence electrons. The predicted octanol–water partition coefficient (Wildman–Crippen LogP) is 2.51. The van der Waals surface area contributed by atoms with E-state index in [1.165, 1.54) is 0 Å². The second-order valence-corrected chi connectivity index (χ2v) is 4.12. The number of rotatable bonds is 5. The summed E-state index contributed by atoms with van der Waals surface area (Å²) in [5, 5.41) is 12.3. The monoisotopic (exact) mass is 244 g/mol. The minimum absolute atomic E-state index is 0.127. The van der Waals surface area contributed by atoms with Gasteiger partial charge in [0.25, 0.3) is 0 Å². The van der Waals surface area contributed by atoms with Gasteiger partial charge >= 0.3 is 0 Å². The summed E-state index contributed by atoms with van der Waals surface area (Å²) in [6.07, 6.45) is 1.25. The number of nitrogens with one attached hydrogen (secondary N) is 1. The third-order valence-corrected chi connectivity index (χ3v) is 3.15. The SMILES string of the molecule is CCC(CC)(CO)Nc1cc(F)cc(F)c1N. The average molecular weight is 244 g/mol. The molecule has 0 aliphatic carbocycles. The van der Waals surface area contributed by atoms with Gasteiger partial charge in [-0.1, -0.05) is 13.8 Å². The van der Waals surface area contributed by atoms with Crippen LogP contribution in [0.2, 0.25) is 0 Å². The number of nitrogen functional groups attached to an aromatic ring is 1. The predicted molar refractivity (Wildman–Crippen MR) is 64.8 cm³/mol. The highest BCUT2D eigenvalue weighted by atomic mass is 19.1. The molecule has 0 bridgehead atoms. The average Bonchev–Trinajstić information content (AvgIpc) is 2.32. The molecule has 1 aromatic rings. The van der Waals surface area contributed by atoms with E-state index in [1.54, 1.807) is 0 Å². The van der Waals surface area contributed by atoms with Crippen molar-refractivity contribution in [2.75, 3.05) is 17.7 Å². The summed E-state index contributed by atoms with van der Waals surface area (Å²) in [7, 11) is 0. The molecule has 0 aliphatic heterocycles. The Kier molecular flexibility index (Phi) is 4.28. The summed E-state index contributed by atoms with van der Waals surface area (Å²) >= 11 is 0. The summed E-state index contributed by atoms with van der Waals surface area (Å²) < 4.78 is 26.4. The van der Waals surface area contributed by atoms with Gasteiger partial charge in [-0.15, -0.1) is 0 Å². The Hall–Kier alpha value is -1.36. The molecule has 4 N–H and O–H groups in total. The highest BCUT2D eigenvalue weighted by Gasteiger charge is 2.26. The van der Waals surface area contributed by atoms with Crippen molar-refractivity contribution in [2.24, 2.45) is 0 Å². The van der Waals surface area contributed by atoms with Crippen molar-refractivity contribution < 1.29 is 13.9 Å². The van der Waals surface area contributed by atoms with Crippen LogP contribution in [-0.4, -0.2) is 17.3 Å². The molecule has 0 unspecified atom stereocenters. The maximum atomic E-state index is 13.3.